The van der Waals surface area contributed by atoms with Gasteiger partial charge in [-0.25, -0.2) is 13.6 Å². The first kappa shape index (κ1) is 23.3. The van der Waals surface area contributed by atoms with E-state index >= 15 is 0 Å². The number of aryl methyl sites for hydroxylation is 1. The first-order chi connectivity index (χ1) is 15.9. The minimum Gasteiger partial charge on any atom is -0.369 e. The molecule has 176 valence electrons. The summed E-state index contributed by atoms with van der Waals surface area (Å²) in [6.45, 7) is 2.63. The van der Waals surface area contributed by atoms with Gasteiger partial charge < -0.3 is 15.6 Å². The van der Waals surface area contributed by atoms with Crippen LogP contribution in [0.1, 0.15) is 38.2 Å². The Bertz CT molecular complexity index is 1350. The number of hydrogen-bond acceptors (Lipinski definition) is 6. The summed E-state index contributed by atoms with van der Waals surface area (Å²) in [5.74, 6) is -1.13. The first-order valence-electron chi connectivity index (χ1n) is 10.5. The van der Waals surface area contributed by atoms with Crippen molar-refractivity contribution in [2.45, 2.75) is 52.1 Å². The van der Waals surface area contributed by atoms with E-state index in [0.29, 0.717) is 23.1 Å². The van der Waals surface area contributed by atoms with Crippen LogP contribution in [-0.4, -0.2) is 26.5 Å². The van der Waals surface area contributed by atoms with Crippen LogP contribution in [0.15, 0.2) is 32.9 Å². The monoisotopic (exact) mass is 572 g/mol. The van der Waals surface area contributed by atoms with Crippen molar-refractivity contribution in [3.8, 4) is 0 Å². The Kier molecular flexibility index (Phi) is 7.00. The number of nitrogens with zero attached hydrogens (tertiary/aromatic N) is 4. The van der Waals surface area contributed by atoms with E-state index in [-0.39, 0.29) is 35.6 Å². The summed E-state index contributed by atoms with van der Waals surface area (Å²) < 4.78 is 31.8. The van der Waals surface area contributed by atoms with E-state index in [9.17, 15) is 18.4 Å². The molecule has 4 rings (SSSR count). The number of nitrogen functional groups attached to an aromatic ring is 1. The molecule has 0 bridgehead atoms. The van der Waals surface area contributed by atoms with Gasteiger partial charge in [-0.1, -0.05) is 24.6 Å². The quantitative estimate of drug-likeness (QED) is 0.382. The molecule has 0 aliphatic carbocycles. The standard InChI is InChI=1S/C21H23F2IN6O3/c1-2-3-9-29-18-17(26-20(25)27-18)19(31)30(21(29)32)10-5-8-16-24-15(28-33-16)11-12-13(22)6-4-7-14(12)23/h4,6-7H,2-3,5,8-11H2,1H3,(H3,25,26,27). The van der Waals surface area contributed by atoms with Crippen molar-refractivity contribution in [3.63, 3.8) is 0 Å². The van der Waals surface area contributed by atoms with Gasteiger partial charge in [0.05, 0.1) is 0 Å². The lowest BCUT2D eigenvalue weighted by atomic mass is 10.1. The molecule has 0 saturated carbocycles. The molecular weight excluding hydrogens is 549 g/mol. The number of fused-ring (bicyclic) bond motifs is 1. The van der Waals surface area contributed by atoms with Crippen LogP contribution in [0.3, 0.4) is 0 Å². The fourth-order valence-electron chi connectivity index (χ4n) is 3.54. The van der Waals surface area contributed by atoms with Crippen LogP contribution >= 0.6 is 20.7 Å². The average molecular weight is 572 g/mol. The Morgan fingerprint density at radius 1 is 1.15 bits per heavy atom. The number of aromatic nitrogens is 4. The smallest absolute Gasteiger partial charge is 0.332 e. The van der Waals surface area contributed by atoms with Gasteiger partial charge >= 0.3 is 5.69 Å². The van der Waals surface area contributed by atoms with Crippen molar-refractivity contribution < 1.29 is 13.6 Å². The van der Waals surface area contributed by atoms with Crippen molar-refractivity contribution in [1.29, 1.82) is 0 Å². The summed E-state index contributed by atoms with van der Waals surface area (Å²) in [7, 11) is 0. The Balaban J connectivity index is 1.47. The summed E-state index contributed by atoms with van der Waals surface area (Å²) in [6, 6.07) is 3.75. The van der Waals surface area contributed by atoms with Crippen LogP contribution < -0.4 is 17.0 Å². The lowest BCUT2D eigenvalue weighted by Crippen LogP contribution is -2.40. The average Bonchev–Trinajstić information content (AvgIpc) is 3.39. The van der Waals surface area contributed by atoms with Gasteiger partial charge in [0.2, 0.25) is 0 Å². The van der Waals surface area contributed by atoms with Gasteiger partial charge in [0.15, 0.2) is 20.8 Å². The molecule has 1 aliphatic rings. The Morgan fingerprint density at radius 3 is 2.61 bits per heavy atom. The predicted octanol–water partition coefficient (Wildman–Crippen LogP) is 3.01. The lowest BCUT2D eigenvalue weighted by Gasteiger charge is -2.10. The summed E-state index contributed by atoms with van der Waals surface area (Å²) in [4.78, 5) is 38.0. The van der Waals surface area contributed by atoms with Gasteiger partial charge in [-0.05, 0) is 45.7 Å². The van der Waals surface area contributed by atoms with Crippen molar-refractivity contribution in [2.75, 3.05) is 5.73 Å². The summed E-state index contributed by atoms with van der Waals surface area (Å²) in [5, 5.41) is 3.98. The number of halogens is 3. The van der Waals surface area contributed by atoms with Crippen LogP contribution in [0.4, 0.5) is 14.7 Å². The van der Waals surface area contributed by atoms with Gasteiger partial charge in [-0.3, -0.25) is 13.9 Å². The van der Waals surface area contributed by atoms with Crippen molar-refractivity contribution in [1.82, 2.24) is 19.1 Å². The zero-order valence-electron chi connectivity index (χ0n) is 17.9. The van der Waals surface area contributed by atoms with Crippen molar-refractivity contribution in [3.05, 3.63) is 56.2 Å². The molecule has 1 aliphatic heterocycles. The molecule has 0 unspecified atom stereocenters. The van der Waals surface area contributed by atoms with Crippen molar-refractivity contribution >= 4 is 45.3 Å². The van der Waals surface area contributed by atoms with E-state index in [1.54, 1.807) is 0 Å². The highest BCUT2D eigenvalue weighted by Gasteiger charge is 2.19. The van der Waals surface area contributed by atoms with Gasteiger partial charge in [-0.15, -0.1) is 0 Å². The minimum absolute atomic E-state index is 0.0212. The molecule has 12 heteroatoms. The van der Waals surface area contributed by atoms with E-state index in [4.69, 9.17) is 10.6 Å². The number of benzene rings is 1. The van der Waals surface area contributed by atoms with Gasteiger partial charge in [-0.2, -0.15) is 4.98 Å². The number of imidazole rings is 1. The number of rotatable bonds is 9. The zero-order valence-corrected chi connectivity index (χ0v) is 20.1. The summed E-state index contributed by atoms with van der Waals surface area (Å²) in [5.41, 5.74) is 5.28. The third kappa shape index (κ3) is 4.89. The molecule has 33 heavy (non-hydrogen) atoms. The van der Waals surface area contributed by atoms with Gasteiger partial charge in [0.25, 0.3) is 5.56 Å². The molecular formula is C21H23F2IN6O3. The molecule has 0 radical (unpaired) electrons. The molecule has 0 saturated heterocycles. The molecule has 3 aromatic rings. The number of unbranched alkanes of at least 4 members (excludes halogenated alkanes) is 1. The first-order valence-corrected chi connectivity index (χ1v) is 12.7. The van der Waals surface area contributed by atoms with E-state index in [1.807, 2.05) is 6.92 Å². The number of nitrogens with two attached hydrogens (primary N) is 1. The van der Waals surface area contributed by atoms with E-state index in [0.717, 1.165) is 16.5 Å². The largest absolute Gasteiger partial charge is 0.369 e. The predicted molar refractivity (Wildman–Crippen MR) is 131 cm³/mol. The number of aromatic amines is 1. The zero-order chi connectivity index (χ0) is 23.5. The Hall–Kier alpha value is -2.90. The summed E-state index contributed by atoms with van der Waals surface area (Å²) >= 11 is -0.772. The Labute approximate surface area is 197 Å². The SMILES string of the molecule is CCCCn1c(=O)n(CCCC2=IC(Cc3c(F)cccc3F)=NO2)c(=O)c2[nH]c(N)nc21. The van der Waals surface area contributed by atoms with E-state index in [2.05, 4.69) is 15.1 Å². The van der Waals surface area contributed by atoms with Crippen LogP contribution in [0.5, 0.6) is 0 Å². The molecule has 0 atom stereocenters. The normalized spacial score (nSPS) is 13.5. The van der Waals surface area contributed by atoms with E-state index in [1.165, 1.54) is 27.3 Å². The van der Waals surface area contributed by atoms with Crippen LogP contribution in [0.2, 0.25) is 0 Å². The number of nitrogens with one attached hydrogen (secondary N) is 1. The molecule has 3 N–H and O–H groups in total. The highest BCUT2D eigenvalue weighted by molar-refractivity contribution is 14.2. The molecule has 0 fully saturated rings. The van der Waals surface area contributed by atoms with Crippen LogP contribution in [-0.2, 0) is 24.3 Å². The highest BCUT2D eigenvalue weighted by atomic mass is 127. The molecule has 0 spiro atoms. The van der Waals surface area contributed by atoms with E-state index < -0.39 is 43.6 Å². The Morgan fingerprint density at radius 2 is 1.88 bits per heavy atom. The number of hydrogen-bond donors (Lipinski definition) is 2. The minimum atomic E-state index is -0.772. The maximum Gasteiger partial charge on any atom is 0.332 e. The molecule has 1 aromatic carbocycles. The van der Waals surface area contributed by atoms with Gasteiger partial charge in [0, 0.05) is 31.5 Å². The topological polar surface area (TPSA) is 120 Å². The number of H-pyrrole nitrogens is 1. The molecule has 3 heterocycles. The molecule has 2 aromatic heterocycles. The molecule has 9 nitrogen and oxygen atoms in total. The second kappa shape index (κ2) is 9.93. The summed E-state index contributed by atoms with van der Waals surface area (Å²) in [6.07, 6.45) is 2.67. The fourth-order valence-corrected chi connectivity index (χ4v) is 5.85. The molecule has 0 amide bonds. The second-order valence-electron chi connectivity index (χ2n) is 7.55. The maximum atomic E-state index is 13.9. The fraction of sp³-hybridized carbons (Fsp3) is 0.381. The van der Waals surface area contributed by atoms with Gasteiger partial charge in [0.1, 0.15) is 15.4 Å². The third-order valence-corrected chi connectivity index (χ3v) is 7.75. The third-order valence-electron chi connectivity index (χ3n) is 5.21. The number of anilines is 1. The van der Waals surface area contributed by atoms with Crippen LogP contribution in [0, 0.1) is 11.6 Å². The highest BCUT2D eigenvalue weighted by Crippen LogP contribution is 2.23. The maximum absolute atomic E-state index is 13.9. The van der Waals surface area contributed by atoms with Crippen molar-refractivity contribution in [2.24, 2.45) is 5.16 Å². The second-order valence-corrected chi connectivity index (χ2v) is 10.5. The number of oxime groups is 1. The van der Waals surface area contributed by atoms with Crippen LogP contribution in [0.25, 0.3) is 11.2 Å². The lowest BCUT2D eigenvalue weighted by molar-refractivity contribution is 0.329.